The summed E-state index contributed by atoms with van der Waals surface area (Å²) in [4.78, 5) is 14.6. The summed E-state index contributed by atoms with van der Waals surface area (Å²) in [7, 11) is 1.83. The number of alkyl halides is 3. The van der Waals surface area contributed by atoms with E-state index >= 15 is 0 Å². The van der Waals surface area contributed by atoms with Crippen molar-refractivity contribution in [3.05, 3.63) is 47.8 Å². The van der Waals surface area contributed by atoms with Gasteiger partial charge in [0.25, 0.3) is 5.91 Å². The second-order valence-electron chi connectivity index (χ2n) is 6.03. The standard InChI is InChI=1S/C17H19F3N4O.ClH/c1-21-11-14-6-3-9-23(14)16(25)12-4-2-5-13(10-12)24-15(7-8-22-24)17(18,19)20;/h2,4-5,7-8,10,14,21H,3,6,9,11H2,1H3;1H. The van der Waals surface area contributed by atoms with E-state index in [0.29, 0.717) is 18.7 Å². The summed E-state index contributed by atoms with van der Waals surface area (Å²) in [5.74, 6) is -0.166. The van der Waals surface area contributed by atoms with E-state index < -0.39 is 11.9 Å². The van der Waals surface area contributed by atoms with Gasteiger partial charge in [-0.05, 0) is 44.2 Å². The number of amides is 1. The first-order chi connectivity index (χ1) is 11.9. The Hall–Kier alpha value is -2.06. The zero-order valence-corrected chi connectivity index (χ0v) is 15.0. The number of hydrogen-bond acceptors (Lipinski definition) is 3. The molecule has 26 heavy (non-hydrogen) atoms. The van der Waals surface area contributed by atoms with Crippen molar-refractivity contribution >= 4 is 18.3 Å². The third-order valence-electron chi connectivity index (χ3n) is 4.35. The van der Waals surface area contributed by atoms with Crippen LogP contribution in [0.5, 0.6) is 0 Å². The lowest BCUT2D eigenvalue weighted by molar-refractivity contribution is -0.142. The molecule has 2 heterocycles. The zero-order valence-electron chi connectivity index (χ0n) is 14.2. The van der Waals surface area contributed by atoms with E-state index in [-0.39, 0.29) is 30.0 Å². The summed E-state index contributed by atoms with van der Waals surface area (Å²) in [6.07, 6.45) is -1.57. The first-order valence-electron chi connectivity index (χ1n) is 8.09. The van der Waals surface area contributed by atoms with Gasteiger partial charge in [0.05, 0.1) is 11.9 Å². The molecule has 0 bridgehead atoms. The predicted molar refractivity (Wildman–Crippen MR) is 93.8 cm³/mol. The third-order valence-corrected chi connectivity index (χ3v) is 4.35. The van der Waals surface area contributed by atoms with Crippen molar-refractivity contribution < 1.29 is 18.0 Å². The number of halogens is 4. The van der Waals surface area contributed by atoms with Crippen LogP contribution in [0.3, 0.4) is 0 Å². The largest absolute Gasteiger partial charge is 0.433 e. The molecule has 0 saturated carbocycles. The minimum atomic E-state index is -4.51. The smallest absolute Gasteiger partial charge is 0.334 e. The molecule has 1 fully saturated rings. The Morgan fingerprint density at radius 3 is 2.81 bits per heavy atom. The van der Waals surface area contributed by atoms with Gasteiger partial charge in [-0.2, -0.15) is 18.3 Å². The van der Waals surface area contributed by atoms with Crippen molar-refractivity contribution in [1.29, 1.82) is 0 Å². The number of aromatic nitrogens is 2. The fourth-order valence-electron chi connectivity index (χ4n) is 3.21. The number of likely N-dealkylation sites (N-methyl/N-ethyl adjacent to an activating group) is 1. The maximum atomic E-state index is 13.1. The Kier molecular flexibility index (Phi) is 6.30. The van der Waals surface area contributed by atoms with Crippen molar-refractivity contribution in [3.8, 4) is 5.69 Å². The topological polar surface area (TPSA) is 50.2 Å². The fraction of sp³-hybridized carbons (Fsp3) is 0.412. The van der Waals surface area contributed by atoms with E-state index in [1.165, 1.54) is 12.1 Å². The van der Waals surface area contributed by atoms with Crippen LogP contribution in [0, 0.1) is 0 Å². The summed E-state index contributed by atoms with van der Waals surface area (Å²) < 4.78 is 40.0. The van der Waals surface area contributed by atoms with Crippen LogP contribution >= 0.6 is 12.4 Å². The molecule has 0 radical (unpaired) electrons. The van der Waals surface area contributed by atoms with Gasteiger partial charge < -0.3 is 10.2 Å². The van der Waals surface area contributed by atoms with Crippen LogP contribution in [0.1, 0.15) is 28.9 Å². The lowest BCUT2D eigenvalue weighted by Crippen LogP contribution is -2.40. The van der Waals surface area contributed by atoms with Gasteiger partial charge in [0.1, 0.15) is 5.69 Å². The second-order valence-corrected chi connectivity index (χ2v) is 6.03. The highest BCUT2D eigenvalue weighted by Crippen LogP contribution is 2.30. The average Bonchev–Trinajstić information content (AvgIpc) is 3.23. The van der Waals surface area contributed by atoms with E-state index in [9.17, 15) is 18.0 Å². The average molecular weight is 389 g/mol. The molecule has 142 valence electrons. The van der Waals surface area contributed by atoms with Gasteiger partial charge in [-0.1, -0.05) is 6.07 Å². The first kappa shape index (κ1) is 20.3. The normalized spacial score (nSPS) is 17.2. The lowest BCUT2D eigenvalue weighted by atomic mass is 10.1. The monoisotopic (exact) mass is 388 g/mol. The van der Waals surface area contributed by atoms with Gasteiger partial charge in [0, 0.05) is 24.7 Å². The van der Waals surface area contributed by atoms with E-state index in [4.69, 9.17) is 0 Å². The summed E-state index contributed by atoms with van der Waals surface area (Å²) in [6.45, 7) is 1.35. The maximum Gasteiger partial charge on any atom is 0.433 e. The molecule has 1 N–H and O–H groups in total. The van der Waals surface area contributed by atoms with Crippen LogP contribution in [0.25, 0.3) is 5.69 Å². The molecule has 1 aliphatic rings. The SMILES string of the molecule is CNCC1CCCN1C(=O)c1cccc(-n2nccc2C(F)(F)F)c1.Cl. The zero-order chi connectivity index (χ0) is 18.0. The molecule has 1 atom stereocenters. The Balaban J connectivity index is 0.00000243. The van der Waals surface area contributed by atoms with Crippen molar-refractivity contribution in [2.45, 2.75) is 25.1 Å². The molecule has 1 unspecified atom stereocenters. The summed E-state index contributed by atoms with van der Waals surface area (Å²) in [6, 6.07) is 7.19. The third kappa shape index (κ3) is 4.02. The number of carbonyl (C=O) groups excluding carboxylic acids is 1. The molecular formula is C17H20ClF3N4O. The predicted octanol–water partition coefficient (Wildman–Crippen LogP) is 3.14. The molecular weight excluding hydrogens is 369 g/mol. The second kappa shape index (κ2) is 8.09. The molecule has 1 aliphatic heterocycles. The summed E-state index contributed by atoms with van der Waals surface area (Å²) in [5.41, 5.74) is -0.289. The van der Waals surface area contributed by atoms with Gasteiger partial charge in [-0.3, -0.25) is 4.79 Å². The van der Waals surface area contributed by atoms with Gasteiger partial charge in [0.2, 0.25) is 0 Å². The highest BCUT2D eigenvalue weighted by atomic mass is 35.5. The Morgan fingerprint density at radius 1 is 1.35 bits per heavy atom. The number of benzene rings is 1. The van der Waals surface area contributed by atoms with E-state index in [1.807, 2.05) is 7.05 Å². The van der Waals surface area contributed by atoms with E-state index in [1.54, 1.807) is 17.0 Å². The van der Waals surface area contributed by atoms with Crippen LogP contribution in [0.4, 0.5) is 13.2 Å². The highest BCUT2D eigenvalue weighted by Gasteiger charge is 2.35. The van der Waals surface area contributed by atoms with Gasteiger partial charge in [0.15, 0.2) is 0 Å². The molecule has 1 amide bonds. The molecule has 5 nitrogen and oxygen atoms in total. The van der Waals surface area contributed by atoms with Crippen molar-refractivity contribution in [1.82, 2.24) is 20.0 Å². The van der Waals surface area contributed by atoms with Gasteiger partial charge in [-0.15, -0.1) is 12.4 Å². The Morgan fingerprint density at radius 2 is 2.12 bits per heavy atom. The molecule has 0 spiro atoms. The molecule has 1 saturated heterocycles. The number of rotatable bonds is 4. The molecule has 3 rings (SSSR count). The minimum absolute atomic E-state index is 0. The van der Waals surface area contributed by atoms with Crippen LogP contribution in [0.15, 0.2) is 36.5 Å². The highest BCUT2D eigenvalue weighted by molar-refractivity contribution is 5.95. The Bertz CT molecular complexity index is 762. The van der Waals surface area contributed by atoms with Crippen molar-refractivity contribution in [2.24, 2.45) is 0 Å². The molecule has 9 heteroatoms. The quantitative estimate of drug-likeness (QED) is 0.875. The van der Waals surface area contributed by atoms with E-state index in [2.05, 4.69) is 10.4 Å². The van der Waals surface area contributed by atoms with Crippen LogP contribution in [-0.4, -0.2) is 46.8 Å². The van der Waals surface area contributed by atoms with Crippen molar-refractivity contribution in [3.63, 3.8) is 0 Å². The molecule has 1 aromatic carbocycles. The number of nitrogens with one attached hydrogen (secondary N) is 1. The number of carbonyl (C=O) groups is 1. The number of nitrogens with zero attached hydrogens (tertiary/aromatic N) is 3. The van der Waals surface area contributed by atoms with Gasteiger partial charge in [-0.25, -0.2) is 4.68 Å². The van der Waals surface area contributed by atoms with Crippen LogP contribution in [0.2, 0.25) is 0 Å². The van der Waals surface area contributed by atoms with E-state index in [0.717, 1.165) is 29.8 Å². The van der Waals surface area contributed by atoms with Gasteiger partial charge >= 0.3 is 6.18 Å². The number of hydrogen-bond donors (Lipinski definition) is 1. The fourth-order valence-corrected chi connectivity index (χ4v) is 3.21. The maximum absolute atomic E-state index is 13.1. The number of likely N-dealkylation sites (tertiary alicyclic amines) is 1. The summed E-state index contributed by atoms with van der Waals surface area (Å²) >= 11 is 0. The van der Waals surface area contributed by atoms with Crippen molar-refractivity contribution in [2.75, 3.05) is 20.1 Å². The molecule has 2 aromatic rings. The Labute approximate surface area is 155 Å². The minimum Gasteiger partial charge on any atom is -0.334 e. The first-order valence-corrected chi connectivity index (χ1v) is 8.09. The lowest BCUT2D eigenvalue weighted by Gasteiger charge is -2.24. The molecule has 1 aromatic heterocycles. The van der Waals surface area contributed by atoms with Crippen LogP contribution < -0.4 is 5.32 Å². The van der Waals surface area contributed by atoms with Crippen LogP contribution in [-0.2, 0) is 6.18 Å². The summed E-state index contributed by atoms with van der Waals surface area (Å²) in [5, 5.41) is 6.83. The molecule has 0 aliphatic carbocycles.